The van der Waals surface area contributed by atoms with Gasteiger partial charge < -0.3 is 20.1 Å². The number of benzene rings is 1. The smallest absolute Gasteiger partial charge is 0.325 e. The van der Waals surface area contributed by atoms with E-state index in [1.807, 2.05) is 18.2 Å². The lowest BCUT2D eigenvalue weighted by molar-refractivity contribution is -0.137. The van der Waals surface area contributed by atoms with Crippen molar-refractivity contribution in [2.75, 3.05) is 19.8 Å². The molecule has 4 aliphatic rings. The number of nitrogens with zero attached hydrogens (tertiary/aromatic N) is 1. The molecule has 33 heavy (non-hydrogen) atoms. The van der Waals surface area contributed by atoms with E-state index in [9.17, 15) is 14.4 Å². The molecular weight excluding hydrogens is 422 g/mol. The topological polar surface area (TPSA) is 97.0 Å². The number of carbonyl (C=O) groups is 3. The second-order valence-electron chi connectivity index (χ2n) is 11.0. The molecule has 5 rings (SSSR count). The highest BCUT2D eigenvalue weighted by atomic mass is 16.6. The van der Waals surface area contributed by atoms with E-state index in [-0.39, 0.29) is 29.8 Å². The maximum absolute atomic E-state index is 13.4. The maximum atomic E-state index is 13.4. The summed E-state index contributed by atoms with van der Waals surface area (Å²) >= 11 is 0. The van der Waals surface area contributed by atoms with Gasteiger partial charge in [-0.15, -0.1) is 0 Å². The van der Waals surface area contributed by atoms with Gasteiger partial charge in [-0.25, -0.2) is 4.79 Å². The molecule has 3 atom stereocenters. The van der Waals surface area contributed by atoms with Gasteiger partial charge in [-0.1, -0.05) is 26.8 Å². The third-order valence-electron chi connectivity index (χ3n) is 7.26. The highest BCUT2D eigenvalue weighted by Gasteiger charge is 2.56. The fourth-order valence-corrected chi connectivity index (χ4v) is 6.17. The van der Waals surface area contributed by atoms with Gasteiger partial charge >= 0.3 is 6.03 Å². The van der Waals surface area contributed by atoms with Crippen LogP contribution in [0.15, 0.2) is 18.2 Å². The number of amides is 4. The zero-order chi connectivity index (χ0) is 23.4. The first-order chi connectivity index (χ1) is 15.7. The average molecular weight is 456 g/mol. The molecule has 1 saturated heterocycles. The number of ether oxygens (including phenoxy) is 2. The van der Waals surface area contributed by atoms with Crippen molar-refractivity contribution in [3.05, 3.63) is 23.8 Å². The average Bonchev–Trinajstić information content (AvgIpc) is 3.55. The molecule has 3 fully saturated rings. The van der Waals surface area contributed by atoms with Crippen molar-refractivity contribution in [2.45, 2.75) is 64.5 Å². The molecule has 0 bridgehead atoms. The Morgan fingerprint density at radius 1 is 1.18 bits per heavy atom. The number of imide groups is 1. The van der Waals surface area contributed by atoms with E-state index in [1.54, 1.807) is 0 Å². The largest absolute Gasteiger partial charge is 0.486 e. The highest BCUT2D eigenvalue weighted by molar-refractivity contribution is 6.09. The molecule has 2 aliphatic carbocycles. The predicted octanol–water partition coefficient (Wildman–Crippen LogP) is 3.16. The lowest BCUT2D eigenvalue weighted by atomic mass is 9.64. The number of rotatable bonds is 5. The fourth-order valence-electron chi connectivity index (χ4n) is 6.17. The first-order valence-corrected chi connectivity index (χ1v) is 12.0. The van der Waals surface area contributed by atoms with Crippen molar-refractivity contribution in [1.82, 2.24) is 15.5 Å². The summed E-state index contributed by atoms with van der Waals surface area (Å²) in [7, 11) is 0. The van der Waals surface area contributed by atoms with Crippen LogP contribution in [0.4, 0.5) is 4.79 Å². The molecule has 2 aliphatic heterocycles. The summed E-state index contributed by atoms with van der Waals surface area (Å²) in [6.45, 7) is 7.14. The van der Waals surface area contributed by atoms with Crippen molar-refractivity contribution in [3.8, 4) is 11.5 Å². The summed E-state index contributed by atoms with van der Waals surface area (Å²) in [5.41, 5.74) is 0.00458. The van der Waals surface area contributed by atoms with Gasteiger partial charge in [0.25, 0.3) is 5.91 Å². The monoisotopic (exact) mass is 455 g/mol. The molecule has 0 radical (unpaired) electrons. The summed E-state index contributed by atoms with van der Waals surface area (Å²) in [5.74, 6) is 1.45. The summed E-state index contributed by atoms with van der Waals surface area (Å²) in [6.07, 6.45) is 4.27. The quantitative estimate of drug-likeness (QED) is 0.665. The third-order valence-corrected chi connectivity index (χ3v) is 7.26. The van der Waals surface area contributed by atoms with Crippen LogP contribution in [-0.4, -0.2) is 48.0 Å². The lowest BCUT2D eigenvalue weighted by Crippen LogP contribution is -2.54. The molecule has 178 valence electrons. The number of nitrogens with one attached hydrogen (secondary N) is 2. The van der Waals surface area contributed by atoms with E-state index in [4.69, 9.17) is 9.47 Å². The van der Waals surface area contributed by atoms with Crippen LogP contribution in [0, 0.1) is 17.3 Å². The minimum atomic E-state index is -0.899. The molecule has 1 aromatic rings. The fraction of sp³-hybridized carbons (Fsp3) is 0.640. The van der Waals surface area contributed by atoms with Crippen molar-refractivity contribution >= 4 is 17.8 Å². The second-order valence-corrected chi connectivity index (χ2v) is 11.0. The molecule has 1 aromatic carbocycles. The summed E-state index contributed by atoms with van der Waals surface area (Å²) in [6, 6.07) is 5.09. The Hall–Kier alpha value is -2.77. The molecule has 4 amide bonds. The lowest BCUT2D eigenvalue weighted by Gasteiger charge is -2.43. The summed E-state index contributed by atoms with van der Waals surface area (Å²) in [5, 5.41) is 6.02. The normalized spacial score (nSPS) is 29.1. The third kappa shape index (κ3) is 4.27. The van der Waals surface area contributed by atoms with Crippen LogP contribution in [0.3, 0.4) is 0 Å². The number of fused-ring (bicyclic) bond motifs is 1. The van der Waals surface area contributed by atoms with Crippen LogP contribution in [0.2, 0.25) is 0 Å². The zero-order valence-electron chi connectivity index (χ0n) is 19.6. The predicted molar refractivity (Wildman–Crippen MR) is 121 cm³/mol. The Morgan fingerprint density at radius 3 is 2.61 bits per heavy atom. The summed E-state index contributed by atoms with van der Waals surface area (Å²) < 4.78 is 11.3. The van der Waals surface area contributed by atoms with Gasteiger partial charge in [0, 0.05) is 0 Å². The SMILES string of the molecule is CC1CC(C)(C)CC2(C1)NC(=O)N(CC(=O)NC(c1ccc3c(c1)OCCO3)C1CC1)C2=O. The maximum Gasteiger partial charge on any atom is 0.325 e. The second kappa shape index (κ2) is 7.92. The molecule has 1 spiro atoms. The van der Waals surface area contributed by atoms with Crippen LogP contribution >= 0.6 is 0 Å². The molecule has 8 heteroatoms. The van der Waals surface area contributed by atoms with Crippen molar-refractivity contribution < 1.29 is 23.9 Å². The van der Waals surface area contributed by atoms with Gasteiger partial charge in [-0.05, 0) is 67.1 Å². The summed E-state index contributed by atoms with van der Waals surface area (Å²) in [4.78, 5) is 40.2. The van der Waals surface area contributed by atoms with Crippen LogP contribution in [-0.2, 0) is 9.59 Å². The molecular formula is C25H33N3O5. The van der Waals surface area contributed by atoms with Gasteiger partial charge in [0.2, 0.25) is 5.91 Å². The zero-order valence-corrected chi connectivity index (χ0v) is 19.6. The first kappa shape index (κ1) is 22.0. The van der Waals surface area contributed by atoms with Gasteiger partial charge in [0.15, 0.2) is 11.5 Å². The number of carbonyl (C=O) groups excluding carboxylic acids is 3. The van der Waals surface area contributed by atoms with Crippen LogP contribution in [0.5, 0.6) is 11.5 Å². The standard InChI is InChI=1S/C25H33N3O5/c1-15-11-24(2,3)14-25(12-15)22(30)28(23(31)27-25)13-20(29)26-21(16-4-5-16)17-6-7-18-19(10-17)33-9-8-32-18/h6-7,10,15-16,21H,4-5,8-9,11-14H2,1-3H3,(H,26,29)(H,27,31). The van der Waals surface area contributed by atoms with Gasteiger partial charge in [-0.3, -0.25) is 14.5 Å². The van der Waals surface area contributed by atoms with Crippen LogP contribution in [0.25, 0.3) is 0 Å². The molecule has 2 saturated carbocycles. The van der Waals surface area contributed by atoms with E-state index < -0.39 is 11.6 Å². The highest BCUT2D eigenvalue weighted by Crippen LogP contribution is 2.46. The molecule has 2 heterocycles. The van der Waals surface area contributed by atoms with Crippen LogP contribution in [0.1, 0.15) is 64.5 Å². The van der Waals surface area contributed by atoms with E-state index >= 15 is 0 Å². The Bertz CT molecular complexity index is 988. The van der Waals surface area contributed by atoms with Crippen LogP contribution < -0.4 is 20.1 Å². The van der Waals surface area contributed by atoms with Gasteiger partial charge in [0.1, 0.15) is 25.3 Å². The van der Waals surface area contributed by atoms with E-state index in [0.717, 1.165) is 29.7 Å². The van der Waals surface area contributed by atoms with E-state index in [0.29, 0.717) is 49.4 Å². The van der Waals surface area contributed by atoms with E-state index in [1.165, 1.54) is 0 Å². The Morgan fingerprint density at radius 2 is 1.91 bits per heavy atom. The minimum Gasteiger partial charge on any atom is -0.486 e. The van der Waals surface area contributed by atoms with Gasteiger partial charge in [-0.2, -0.15) is 0 Å². The number of hydrogen-bond acceptors (Lipinski definition) is 5. The van der Waals surface area contributed by atoms with Crippen molar-refractivity contribution in [1.29, 1.82) is 0 Å². The Kier molecular flexibility index (Phi) is 5.29. The number of urea groups is 1. The molecule has 2 N–H and O–H groups in total. The molecule has 8 nitrogen and oxygen atoms in total. The minimum absolute atomic E-state index is 0.0474. The Balaban J connectivity index is 1.29. The van der Waals surface area contributed by atoms with E-state index in [2.05, 4.69) is 31.4 Å². The van der Waals surface area contributed by atoms with Gasteiger partial charge in [0.05, 0.1) is 6.04 Å². The first-order valence-electron chi connectivity index (χ1n) is 12.0. The Labute approximate surface area is 194 Å². The van der Waals surface area contributed by atoms with Crippen molar-refractivity contribution in [3.63, 3.8) is 0 Å². The molecule has 0 aromatic heterocycles. The van der Waals surface area contributed by atoms with Crippen molar-refractivity contribution in [2.24, 2.45) is 17.3 Å². The number of hydrogen-bond donors (Lipinski definition) is 2. The molecule has 3 unspecified atom stereocenters.